The van der Waals surface area contributed by atoms with E-state index in [2.05, 4.69) is 25.6 Å². The van der Waals surface area contributed by atoms with Crippen molar-refractivity contribution in [2.75, 3.05) is 11.3 Å². The normalized spacial score (nSPS) is 11.3. The van der Waals surface area contributed by atoms with Crippen LogP contribution in [0, 0.1) is 0 Å². The van der Waals surface area contributed by atoms with E-state index in [0.29, 0.717) is 23.4 Å². The van der Waals surface area contributed by atoms with Gasteiger partial charge in [-0.15, -0.1) is 0 Å². The van der Waals surface area contributed by atoms with E-state index in [4.69, 9.17) is 4.74 Å². The number of ether oxygens (including phenoxy) is 1. The topological polar surface area (TPSA) is 68.3 Å². The molecule has 21 heavy (non-hydrogen) atoms. The summed E-state index contributed by atoms with van der Waals surface area (Å²) in [6.07, 6.45) is 2.83. The molecule has 0 fully saturated rings. The van der Waals surface area contributed by atoms with Crippen LogP contribution in [0.3, 0.4) is 0 Å². The maximum absolute atomic E-state index is 12.4. The van der Waals surface area contributed by atoms with Crippen molar-refractivity contribution in [1.29, 1.82) is 0 Å². The Morgan fingerprint density at radius 1 is 1.29 bits per heavy atom. The lowest BCUT2D eigenvalue weighted by molar-refractivity contribution is 0.134. The minimum Gasteiger partial charge on any atom is -0.377 e. The van der Waals surface area contributed by atoms with Crippen molar-refractivity contribution in [2.24, 2.45) is 0 Å². The van der Waals surface area contributed by atoms with Gasteiger partial charge in [-0.05, 0) is 35.0 Å². The van der Waals surface area contributed by atoms with Crippen LogP contribution < -0.4 is 4.72 Å². The lowest BCUT2D eigenvalue weighted by atomic mass is 10.2. The number of benzene rings is 1. The first-order chi connectivity index (χ1) is 10.0. The van der Waals surface area contributed by atoms with E-state index in [9.17, 15) is 8.42 Å². The highest BCUT2D eigenvalue weighted by atomic mass is 79.9. The molecular weight excluding hydrogens is 356 g/mol. The first-order valence-electron chi connectivity index (χ1n) is 6.32. The number of nitrogens with zero attached hydrogens (tertiary/aromatic N) is 1. The second-order valence-corrected chi connectivity index (χ2v) is 6.84. The van der Waals surface area contributed by atoms with Crippen molar-refractivity contribution in [3.63, 3.8) is 0 Å². The van der Waals surface area contributed by atoms with Crippen molar-refractivity contribution in [2.45, 2.75) is 18.4 Å². The van der Waals surface area contributed by atoms with Crippen molar-refractivity contribution < 1.29 is 13.2 Å². The number of rotatable bonds is 6. The molecule has 0 radical (unpaired) electrons. The quantitative estimate of drug-likeness (QED) is 0.847. The van der Waals surface area contributed by atoms with E-state index < -0.39 is 10.0 Å². The third kappa shape index (κ3) is 4.26. The Morgan fingerprint density at radius 3 is 2.76 bits per heavy atom. The fraction of sp³-hybridized carbons (Fsp3) is 0.214. The second-order valence-electron chi connectivity index (χ2n) is 4.24. The van der Waals surface area contributed by atoms with Crippen LogP contribution in [0.5, 0.6) is 0 Å². The molecule has 1 heterocycles. The SMILES string of the molecule is CCOCc1ccccc1NS(=O)(=O)c1cncc(Br)c1. The van der Waals surface area contributed by atoms with Crippen molar-refractivity contribution >= 4 is 31.6 Å². The molecule has 0 spiro atoms. The second kappa shape index (κ2) is 7.02. The van der Waals surface area contributed by atoms with Crippen LogP contribution in [0.1, 0.15) is 12.5 Å². The molecule has 0 unspecified atom stereocenters. The highest BCUT2D eigenvalue weighted by Gasteiger charge is 2.16. The van der Waals surface area contributed by atoms with Crippen LogP contribution >= 0.6 is 15.9 Å². The number of aromatic nitrogens is 1. The Bertz CT molecular complexity index is 720. The van der Waals surface area contributed by atoms with Crippen LogP contribution in [-0.4, -0.2) is 20.0 Å². The van der Waals surface area contributed by atoms with Gasteiger partial charge in [-0.2, -0.15) is 0 Å². The monoisotopic (exact) mass is 370 g/mol. The Balaban J connectivity index is 2.29. The Kier molecular flexibility index (Phi) is 5.33. The third-order valence-corrected chi connectivity index (χ3v) is 4.48. The van der Waals surface area contributed by atoms with E-state index >= 15 is 0 Å². The number of para-hydroxylation sites is 1. The zero-order chi connectivity index (χ0) is 15.3. The highest BCUT2D eigenvalue weighted by Crippen LogP contribution is 2.22. The molecule has 2 rings (SSSR count). The van der Waals surface area contributed by atoms with Crippen molar-refractivity contribution in [3.05, 3.63) is 52.8 Å². The fourth-order valence-electron chi connectivity index (χ4n) is 1.70. The maximum atomic E-state index is 12.4. The Labute approximate surface area is 132 Å². The molecule has 0 atom stereocenters. The zero-order valence-electron chi connectivity index (χ0n) is 11.4. The molecule has 7 heteroatoms. The van der Waals surface area contributed by atoms with Gasteiger partial charge in [-0.1, -0.05) is 18.2 Å². The number of nitrogens with one attached hydrogen (secondary N) is 1. The number of pyridine rings is 1. The Hall–Kier alpha value is -1.44. The summed E-state index contributed by atoms with van der Waals surface area (Å²) in [6.45, 7) is 2.81. The largest absolute Gasteiger partial charge is 0.377 e. The predicted octanol–water partition coefficient (Wildman–Crippen LogP) is 3.18. The summed E-state index contributed by atoms with van der Waals surface area (Å²) in [5.74, 6) is 0. The number of hydrogen-bond donors (Lipinski definition) is 1. The molecule has 2 aromatic rings. The summed E-state index contributed by atoms with van der Waals surface area (Å²) in [5, 5.41) is 0. The van der Waals surface area contributed by atoms with E-state index in [1.165, 1.54) is 18.5 Å². The van der Waals surface area contributed by atoms with Gasteiger partial charge >= 0.3 is 0 Å². The molecule has 0 aliphatic heterocycles. The van der Waals surface area contributed by atoms with Gasteiger partial charge in [0.05, 0.1) is 12.3 Å². The zero-order valence-corrected chi connectivity index (χ0v) is 13.8. The summed E-state index contributed by atoms with van der Waals surface area (Å²) in [6, 6.07) is 8.64. The van der Waals surface area contributed by atoms with Gasteiger partial charge < -0.3 is 4.74 Å². The van der Waals surface area contributed by atoms with E-state index in [1.54, 1.807) is 12.1 Å². The third-order valence-electron chi connectivity index (χ3n) is 2.71. The van der Waals surface area contributed by atoms with Gasteiger partial charge in [0.1, 0.15) is 4.90 Å². The average molecular weight is 371 g/mol. The van der Waals surface area contributed by atoms with Crippen LogP contribution in [0.15, 0.2) is 52.1 Å². The molecule has 0 bridgehead atoms. The molecule has 1 aromatic heterocycles. The molecule has 0 saturated carbocycles. The molecule has 0 amide bonds. The number of sulfonamides is 1. The first kappa shape index (κ1) is 15.9. The van der Waals surface area contributed by atoms with E-state index in [-0.39, 0.29) is 4.90 Å². The molecule has 1 N–H and O–H groups in total. The summed E-state index contributed by atoms with van der Waals surface area (Å²) in [7, 11) is -3.68. The van der Waals surface area contributed by atoms with Crippen LogP contribution in [0.4, 0.5) is 5.69 Å². The van der Waals surface area contributed by atoms with E-state index in [0.717, 1.165) is 5.56 Å². The highest BCUT2D eigenvalue weighted by molar-refractivity contribution is 9.10. The number of hydrogen-bond acceptors (Lipinski definition) is 4. The standard InChI is InChI=1S/C14H15BrN2O3S/c1-2-20-10-11-5-3-4-6-14(11)17-21(18,19)13-7-12(15)8-16-9-13/h3-9,17H,2,10H2,1H3. The van der Waals surface area contributed by atoms with Gasteiger partial charge in [-0.3, -0.25) is 9.71 Å². The minimum absolute atomic E-state index is 0.100. The smallest absolute Gasteiger partial charge is 0.263 e. The molecule has 1 aromatic carbocycles. The maximum Gasteiger partial charge on any atom is 0.263 e. The minimum atomic E-state index is -3.68. The average Bonchev–Trinajstić information content (AvgIpc) is 2.46. The van der Waals surface area contributed by atoms with Crippen molar-refractivity contribution in [1.82, 2.24) is 4.98 Å². The van der Waals surface area contributed by atoms with Gasteiger partial charge in [0.25, 0.3) is 10.0 Å². The van der Waals surface area contributed by atoms with Crippen LogP contribution in [0.2, 0.25) is 0 Å². The molecule has 112 valence electrons. The van der Waals surface area contributed by atoms with Gasteiger partial charge in [0.2, 0.25) is 0 Å². The molecular formula is C14H15BrN2O3S. The molecule has 0 saturated heterocycles. The summed E-state index contributed by atoms with van der Waals surface area (Å²) >= 11 is 3.21. The fourth-order valence-corrected chi connectivity index (χ4v) is 3.31. The predicted molar refractivity (Wildman–Crippen MR) is 84.5 cm³/mol. The summed E-state index contributed by atoms with van der Waals surface area (Å²) in [4.78, 5) is 3.97. The molecule has 0 aliphatic rings. The van der Waals surface area contributed by atoms with E-state index in [1.807, 2.05) is 19.1 Å². The van der Waals surface area contributed by atoms with Crippen LogP contribution in [-0.2, 0) is 21.4 Å². The Morgan fingerprint density at radius 2 is 2.05 bits per heavy atom. The lowest BCUT2D eigenvalue weighted by Crippen LogP contribution is -2.14. The van der Waals surface area contributed by atoms with Gasteiger partial charge in [-0.25, -0.2) is 8.42 Å². The number of halogens is 1. The first-order valence-corrected chi connectivity index (χ1v) is 8.59. The van der Waals surface area contributed by atoms with Gasteiger partial charge in [0, 0.05) is 29.0 Å². The van der Waals surface area contributed by atoms with Gasteiger partial charge in [0.15, 0.2) is 0 Å². The number of anilines is 1. The summed E-state index contributed by atoms with van der Waals surface area (Å²) < 4.78 is 33.3. The molecule has 0 aliphatic carbocycles. The molecule has 5 nitrogen and oxygen atoms in total. The van der Waals surface area contributed by atoms with Crippen molar-refractivity contribution in [3.8, 4) is 0 Å². The lowest BCUT2D eigenvalue weighted by Gasteiger charge is -2.12. The van der Waals surface area contributed by atoms with Crippen LogP contribution in [0.25, 0.3) is 0 Å². The summed E-state index contributed by atoms with van der Waals surface area (Å²) in [5.41, 5.74) is 1.29.